The van der Waals surface area contributed by atoms with E-state index in [2.05, 4.69) is 59.5 Å². The van der Waals surface area contributed by atoms with Gasteiger partial charge in [0, 0.05) is 32.5 Å². The topological polar surface area (TPSA) is 69.6 Å². The number of aromatic carboxylic acids is 1. The summed E-state index contributed by atoms with van der Waals surface area (Å²) >= 11 is 0. The van der Waals surface area contributed by atoms with Gasteiger partial charge in [-0.2, -0.15) is 0 Å². The van der Waals surface area contributed by atoms with E-state index in [4.69, 9.17) is 0 Å². The second kappa shape index (κ2) is 12.5. The van der Waals surface area contributed by atoms with Gasteiger partial charge in [0.25, 0.3) is 5.92 Å². The number of benzene rings is 1. The molecule has 5 fully saturated rings. The number of carbonyl (C=O) groups is 2. The molecule has 9 atom stereocenters. The van der Waals surface area contributed by atoms with Gasteiger partial charge in [0.05, 0.1) is 12.1 Å². The molecule has 6 aliphatic rings. The summed E-state index contributed by atoms with van der Waals surface area (Å²) in [4.78, 5) is 26.3. The van der Waals surface area contributed by atoms with Crippen LogP contribution in [0.2, 0.25) is 0 Å². The molecule has 1 amide bonds. The first-order valence-corrected chi connectivity index (χ1v) is 19.9. The van der Waals surface area contributed by atoms with Crippen molar-refractivity contribution in [2.45, 2.75) is 118 Å². The van der Waals surface area contributed by atoms with E-state index in [9.17, 15) is 23.5 Å². The number of carboxylic acid groups (broad SMARTS) is 1. The van der Waals surface area contributed by atoms with Gasteiger partial charge in [0.2, 0.25) is 5.91 Å². The van der Waals surface area contributed by atoms with Crippen molar-refractivity contribution in [1.82, 2.24) is 10.2 Å². The molecule has 1 saturated heterocycles. The zero-order valence-corrected chi connectivity index (χ0v) is 32.1. The fourth-order valence-corrected chi connectivity index (χ4v) is 14.1. The molecule has 4 saturated carbocycles. The summed E-state index contributed by atoms with van der Waals surface area (Å²) in [6.45, 7) is 20.9. The number of piperidine rings is 1. The molecule has 5 nitrogen and oxygen atoms in total. The summed E-state index contributed by atoms with van der Waals surface area (Å²) in [5.74, 6) is -0.764. The van der Waals surface area contributed by atoms with Crippen LogP contribution in [0.25, 0.3) is 5.57 Å². The zero-order chi connectivity index (χ0) is 36.8. The number of carboxylic acids is 1. The fourth-order valence-electron chi connectivity index (χ4n) is 14.1. The third kappa shape index (κ3) is 5.68. The summed E-state index contributed by atoms with van der Waals surface area (Å²) in [5, 5.41) is 13.1. The van der Waals surface area contributed by atoms with Crippen LogP contribution in [0.5, 0.6) is 0 Å². The highest BCUT2D eigenvalue weighted by Gasteiger charge is 2.70. The Morgan fingerprint density at radius 2 is 1.57 bits per heavy atom. The van der Waals surface area contributed by atoms with E-state index in [-0.39, 0.29) is 65.5 Å². The van der Waals surface area contributed by atoms with Gasteiger partial charge >= 0.3 is 5.97 Å². The van der Waals surface area contributed by atoms with Crippen molar-refractivity contribution in [1.29, 1.82) is 0 Å². The van der Waals surface area contributed by atoms with Crippen LogP contribution in [-0.4, -0.2) is 54.0 Å². The molecule has 0 radical (unpaired) electrons. The van der Waals surface area contributed by atoms with Gasteiger partial charge < -0.3 is 15.3 Å². The Balaban J connectivity index is 1.12. The number of alkyl halides is 2. The van der Waals surface area contributed by atoms with Crippen molar-refractivity contribution in [3.05, 3.63) is 53.6 Å². The maximum Gasteiger partial charge on any atom is 0.335 e. The van der Waals surface area contributed by atoms with Gasteiger partial charge in [0.15, 0.2) is 0 Å². The number of carbonyl (C=O) groups excluding carboxylic acids is 1. The quantitative estimate of drug-likeness (QED) is 0.277. The number of rotatable bonds is 7. The molecule has 0 aromatic heterocycles. The minimum atomic E-state index is -2.65. The molecule has 51 heavy (non-hydrogen) atoms. The van der Waals surface area contributed by atoms with Gasteiger partial charge in [-0.15, -0.1) is 0 Å². The highest BCUT2D eigenvalue weighted by atomic mass is 19.3. The second-order valence-electron chi connectivity index (χ2n) is 19.3. The standard InChI is InChI=1S/C44H62F2N2O3/c1-28(2)31-14-19-43(27-47-26-36(49)48-24-22-44(45,46)23-25-48)21-20-41(6)33(37(31)43)12-13-35-40(5)17-15-32(29-8-10-30(11-9-29)38(50)51)39(3,4)34(40)16-18-42(35,41)7/h8-11,15,31,33-35,37,47H,1,12-14,16-27H2,2-7H3,(H,50,51)/t31-,33+,34-,35+,37+,40-,41+,42+,43+/m0/s1. The lowest BCUT2D eigenvalue weighted by atomic mass is 9.32. The van der Waals surface area contributed by atoms with Crippen LogP contribution in [0.1, 0.15) is 128 Å². The van der Waals surface area contributed by atoms with Crippen molar-refractivity contribution < 1.29 is 23.5 Å². The number of hydrogen-bond acceptors (Lipinski definition) is 3. The molecule has 0 bridgehead atoms. The molecule has 7 heteroatoms. The van der Waals surface area contributed by atoms with Crippen LogP contribution < -0.4 is 5.32 Å². The SMILES string of the molecule is C=C(C)[C@@H]1CC[C@]2(CNCC(=O)N3CCC(F)(F)CC3)CC[C@]3(C)[C@H](CC[C@@H]4[C@@]5(C)CC=C(c6ccc(C(=O)O)cc6)C(C)(C)[C@@H]5CC[C@]43C)[C@@H]12. The molecule has 280 valence electrons. The zero-order valence-electron chi connectivity index (χ0n) is 32.1. The summed E-state index contributed by atoms with van der Waals surface area (Å²) < 4.78 is 27.5. The van der Waals surface area contributed by atoms with Gasteiger partial charge in [-0.3, -0.25) is 4.79 Å². The number of hydrogen-bond donors (Lipinski definition) is 2. The number of fused-ring (bicyclic) bond motifs is 7. The number of amides is 1. The lowest BCUT2D eigenvalue weighted by Crippen LogP contribution is -2.66. The third-order valence-electron chi connectivity index (χ3n) is 16.9. The molecule has 0 spiro atoms. The van der Waals surface area contributed by atoms with Gasteiger partial charge in [-0.1, -0.05) is 65.0 Å². The first-order chi connectivity index (χ1) is 23.9. The van der Waals surface area contributed by atoms with E-state index in [0.29, 0.717) is 35.2 Å². The minimum Gasteiger partial charge on any atom is -0.478 e. The van der Waals surface area contributed by atoms with E-state index in [0.717, 1.165) is 31.4 Å². The molecule has 1 heterocycles. The van der Waals surface area contributed by atoms with E-state index in [1.807, 2.05) is 12.1 Å². The van der Waals surface area contributed by atoms with E-state index in [1.165, 1.54) is 49.7 Å². The molecule has 7 rings (SSSR count). The summed E-state index contributed by atoms with van der Waals surface area (Å²) in [6, 6.07) is 7.51. The van der Waals surface area contributed by atoms with Crippen molar-refractivity contribution in [2.75, 3.05) is 26.2 Å². The number of allylic oxidation sites excluding steroid dienone is 3. The predicted octanol–water partition coefficient (Wildman–Crippen LogP) is 9.88. The average molecular weight is 705 g/mol. The molecular formula is C44H62F2N2O3. The van der Waals surface area contributed by atoms with E-state index < -0.39 is 11.9 Å². The molecule has 1 aliphatic heterocycles. The number of nitrogens with one attached hydrogen (secondary N) is 1. The van der Waals surface area contributed by atoms with E-state index in [1.54, 1.807) is 17.0 Å². The van der Waals surface area contributed by atoms with Crippen LogP contribution >= 0.6 is 0 Å². The van der Waals surface area contributed by atoms with Crippen LogP contribution in [0.3, 0.4) is 0 Å². The molecular weight excluding hydrogens is 642 g/mol. The largest absolute Gasteiger partial charge is 0.478 e. The fraction of sp³-hybridized carbons (Fsp3) is 0.727. The Morgan fingerprint density at radius 1 is 0.882 bits per heavy atom. The van der Waals surface area contributed by atoms with Crippen molar-refractivity contribution in [3.8, 4) is 0 Å². The molecule has 0 unspecified atom stereocenters. The minimum absolute atomic E-state index is 0.0206. The van der Waals surface area contributed by atoms with Gasteiger partial charge in [0.1, 0.15) is 0 Å². The third-order valence-corrected chi connectivity index (χ3v) is 16.9. The van der Waals surface area contributed by atoms with Crippen molar-refractivity contribution in [2.24, 2.45) is 56.7 Å². The van der Waals surface area contributed by atoms with Crippen LogP contribution in [0.15, 0.2) is 42.5 Å². The highest BCUT2D eigenvalue weighted by molar-refractivity contribution is 5.88. The molecule has 2 N–H and O–H groups in total. The monoisotopic (exact) mass is 704 g/mol. The summed E-state index contributed by atoms with van der Waals surface area (Å²) in [5.41, 5.74) is 4.90. The average Bonchev–Trinajstić information content (AvgIpc) is 3.45. The number of likely N-dealkylation sites (tertiary alicyclic amines) is 1. The van der Waals surface area contributed by atoms with Gasteiger partial charge in [-0.05, 0) is 145 Å². The van der Waals surface area contributed by atoms with Crippen molar-refractivity contribution in [3.63, 3.8) is 0 Å². The Kier molecular flexibility index (Phi) is 9.03. The van der Waals surface area contributed by atoms with Crippen LogP contribution in [-0.2, 0) is 4.79 Å². The predicted molar refractivity (Wildman–Crippen MR) is 199 cm³/mol. The number of nitrogens with zero attached hydrogens (tertiary/aromatic N) is 1. The normalized spacial score (nSPS) is 41.0. The highest BCUT2D eigenvalue weighted by Crippen LogP contribution is 2.77. The number of halogens is 2. The summed E-state index contributed by atoms with van der Waals surface area (Å²) in [7, 11) is 0. The van der Waals surface area contributed by atoms with Crippen molar-refractivity contribution >= 4 is 17.4 Å². The smallest absolute Gasteiger partial charge is 0.335 e. The molecule has 5 aliphatic carbocycles. The lowest BCUT2D eigenvalue weighted by molar-refractivity contribution is -0.225. The van der Waals surface area contributed by atoms with Crippen LogP contribution in [0, 0.1) is 56.7 Å². The van der Waals surface area contributed by atoms with Gasteiger partial charge in [-0.25, -0.2) is 13.6 Å². The summed E-state index contributed by atoms with van der Waals surface area (Å²) in [6.07, 6.45) is 12.7. The Bertz CT molecular complexity index is 1590. The second-order valence-corrected chi connectivity index (χ2v) is 19.3. The van der Waals surface area contributed by atoms with E-state index >= 15 is 0 Å². The Labute approximate surface area is 305 Å². The first kappa shape index (κ1) is 36.8. The maximum atomic E-state index is 13.8. The Morgan fingerprint density at radius 3 is 2.22 bits per heavy atom. The van der Waals surface area contributed by atoms with Crippen LogP contribution in [0.4, 0.5) is 8.78 Å². The maximum absolute atomic E-state index is 13.8. The molecule has 1 aromatic rings. The Hall–Kier alpha value is -2.54. The first-order valence-electron chi connectivity index (χ1n) is 19.9. The lowest BCUT2D eigenvalue weighted by Gasteiger charge is -2.72. The molecule has 1 aromatic carbocycles.